The zero-order chi connectivity index (χ0) is 11.1. The second-order valence-electron chi connectivity index (χ2n) is 4.57. The molecule has 0 amide bonds. The maximum absolute atomic E-state index is 6.26. The minimum absolute atomic E-state index is 0.118. The third kappa shape index (κ3) is 1.43. The third-order valence-electron chi connectivity index (χ3n) is 3.43. The highest BCUT2D eigenvalue weighted by atomic mass is 15.1. The molecule has 0 spiro atoms. The molecule has 16 heavy (non-hydrogen) atoms. The molecule has 2 aromatic rings. The second-order valence-corrected chi connectivity index (χ2v) is 4.57. The molecule has 2 N–H and O–H groups in total. The van der Waals surface area contributed by atoms with E-state index < -0.39 is 0 Å². The van der Waals surface area contributed by atoms with Gasteiger partial charge in [0.25, 0.3) is 0 Å². The minimum Gasteiger partial charge on any atom is -0.327 e. The van der Waals surface area contributed by atoms with Crippen LogP contribution in [0.2, 0.25) is 0 Å². The van der Waals surface area contributed by atoms with Crippen molar-refractivity contribution < 1.29 is 0 Å². The number of hydrogen-bond acceptors (Lipinski definition) is 2. The summed E-state index contributed by atoms with van der Waals surface area (Å²) in [5, 5.41) is 0. The van der Waals surface area contributed by atoms with Crippen molar-refractivity contribution in [1.29, 1.82) is 0 Å². The maximum Gasteiger partial charge on any atom is 0.127 e. The van der Waals surface area contributed by atoms with Crippen LogP contribution in [0.3, 0.4) is 0 Å². The molecule has 1 aromatic carbocycles. The van der Waals surface area contributed by atoms with E-state index >= 15 is 0 Å². The van der Waals surface area contributed by atoms with Crippen molar-refractivity contribution in [2.24, 2.45) is 11.7 Å². The van der Waals surface area contributed by atoms with E-state index in [9.17, 15) is 0 Å². The topological polar surface area (TPSA) is 43.8 Å². The number of nitrogens with zero attached hydrogens (tertiary/aromatic N) is 2. The van der Waals surface area contributed by atoms with Gasteiger partial charge in [0.2, 0.25) is 0 Å². The smallest absolute Gasteiger partial charge is 0.127 e. The molecule has 1 heterocycles. The fraction of sp³-hybridized carbons (Fsp3) is 0.462. The number of para-hydroxylation sites is 2. The Labute approximate surface area is 95.3 Å². The summed E-state index contributed by atoms with van der Waals surface area (Å²) < 4.78 is 2.25. The lowest BCUT2D eigenvalue weighted by Gasteiger charge is -2.12. The molecule has 3 heteroatoms. The quantitative estimate of drug-likeness (QED) is 0.854. The minimum atomic E-state index is 0.118. The molecule has 1 aliphatic rings. The van der Waals surface area contributed by atoms with Crippen LogP contribution in [0.25, 0.3) is 11.0 Å². The number of imidazole rings is 1. The number of benzene rings is 1. The summed E-state index contributed by atoms with van der Waals surface area (Å²) in [6, 6.07) is 8.39. The first-order valence-corrected chi connectivity index (χ1v) is 6.02. The van der Waals surface area contributed by atoms with Gasteiger partial charge in [-0.3, -0.25) is 0 Å². The standard InChI is InChI=1S/C13H17N3/c1-2-16-11-6-4-3-5-10(11)15-13(16)12(14)9-7-8-9/h3-6,9,12H,2,7-8,14H2,1H3. The summed E-state index contributed by atoms with van der Waals surface area (Å²) >= 11 is 0. The average molecular weight is 215 g/mol. The van der Waals surface area contributed by atoms with E-state index in [4.69, 9.17) is 5.73 Å². The predicted molar refractivity (Wildman–Crippen MR) is 65.1 cm³/mol. The van der Waals surface area contributed by atoms with Crippen LogP contribution in [-0.2, 0) is 6.54 Å². The van der Waals surface area contributed by atoms with Crippen molar-refractivity contribution in [3.63, 3.8) is 0 Å². The molecule has 3 rings (SSSR count). The summed E-state index contributed by atoms with van der Waals surface area (Å²) in [4.78, 5) is 4.68. The molecule has 1 fully saturated rings. The molecule has 3 nitrogen and oxygen atoms in total. The van der Waals surface area contributed by atoms with Gasteiger partial charge in [-0.15, -0.1) is 0 Å². The van der Waals surface area contributed by atoms with E-state index in [1.54, 1.807) is 0 Å². The number of nitrogens with two attached hydrogens (primary N) is 1. The van der Waals surface area contributed by atoms with Crippen LogP contribution in [0.4, 0.5) is 0 Å². The van der Waals surface area contributed by atoms with Crippen LogP contribution in [0, 0.1) is 5.92 Å². The number of aryl methyl sites for hydroxylation is 1. The molecule has 0 radical (unpaired) electrons. The first kappa shape index (κ1) is 9.85. The number of hydrogen-bond donors (Lipinski definition) is 1. The number of fused-ring (bicyclic) bond motifs is 1. The molecule has 0 saturated heterocycles. The Morgan fingerprint density at radius 3 is 2.88 bits per heavy atom. The lowest BCUT2D eigenvalue weighted by molar-refractivity contribution is 0.557. The lowest BCUT2D eigenvalue weighted by atomic mass is 10.2. The van der Waals surface area contributed by atoms with Gasteiger partial charge in [0.15, 0.2) is 0 Å². The van der Waals surface area contributed by atoms with Crippen LogP contribution in [0.15, 0.2) is 24.3 Å². The van der Waals surface area contributed by atoms with Crippen molar-refractivity contribution in [1.82, 2.24) is 9.55 Å². The average Bonchev–Trinajstić information content (AvgIpc) is 3.08. The molecule has 0 bridgehead atoms. The van der Waals surface area contributed by atoms with Gasteiger partial charge in [0.05, 0.1) is 17.1 Å². The van der Waals surface area contributed by atoms with Gasteiger partial charge in [-0.25, -0.2) is 4.98 Å². The largest absolute Gasteiger partial charge is 0.327 e. The van der Waals surface area contributed by atoms with Gasteiger partial charge >= 0.3 is 0 Å². The molecular formula is C13H17N3. The van der Waals surface area contributed by atoms with Gasteiger partial charge < -0.3 is 10.3 Å². The maximum atomic E-state index is 6.26. The second kappa shape index (κ2) is 3.59. The molecule has 1 aliphatic carbocycles. The Morgan fingerprint density at radius 1 is 1.44 bits per heavy atom. The van der Waals surface area contributed by atoms with Crippen molar-refractivity contribution in [3.8, 4) is 0 Å². The lowest BCUT2D eigenvalue weighted by Crippen LogP contribution is -2.18. The summed E-state index contributed by atoms with van der Waals surface area (Å²) in [7, 11) is 0. The highest BCUT2D eigenvalue weighted by molar-refractivity contribution is 5.76. The van der Waals surface area contributed by atoms with E-state index in [0.717, 1.165) is 17.9 Å². The first-order valence-electron chi connectivity index (χ1n) is 6.02. The van der Waals surface area contributed by atoms with Gasteiger partial charge in [0, 0.05) is 6.54 Å². The van der Waals surface area contributed by atoms with Crippen molar-refractivity contribution in [2.75, 3.05) is 0 Å². The van der Waals surface area contributed by atoms with Crippen LogP contribution in [-0.4, -0.2) is 9.55 Å². The van der Waals surface area contributed by atoms with Crippen molar-refractivity contribution >= 4 is 11.0 Å². The van der Waals surface area contributed by atoms with Crippen LogP contribution >= 0.6 is 0 Å². The number of aromatic nitrogens is 2. The van der Waals surface area contributed by atoms with Crippen LogP contribution < -0.4 is 5.73 Å². The molecule has 1 saturated carbocycles. The van der Waals surface area contributed by atoms with E-state index in [0.29, 0.717) is 5.92 Å². The van der Waals surface area contributed by atoms with Crippen LogP contribution in [0.5, 0.6) is 0 Å². The fourth-order valence-corrected chi connectivity index (χ4v) is 2.35. The predicted octanol–water partition coefficient (Wildman–Crippen LogP) is 2.47. The van der Waals surface area contributed by atoms with Gasteiger partial charge in [-0.2, -0.15) is 0 Å². The summed E-state index contributed by atoms with van der Waals surface area (Å²) in [6.45, 7) is 3.09. The molecular weight excluding hydrogens is 198 g/mol. The highest BCUT2D eigenvalue weighted by Crippen LogP contribution is 2.39. The van der Waals surface area contributed by atoms with E-state index in [1.165, 1.54) is 18.4 Å². The first-order chi connectivity index (χ1) is 7.81. The Morgan fingerprint density at radius 2 is 2.19 bits per heavy atom. The summed E-state index contributed by atoms with van der Waals surface area (Å²) in [5.41, 5.74) is 8.53. The van der Waals surface area contributed by atoms with E-state index in [1.807, 2.05) is 6.07 Å². The van der Waals surface area contributed by atoms with Crippen molar-refractivity contribution in [2.45, 2.75) is 32.4 Å². The SMILES string of the molecule is CCn1c(C(N)C2CC2)nc2ccccc21. The fourth-order valence-electron chi connectivity index (χ4n) is 2.35. The molecule has 84 valence electrons. The molecule has 1 atom stereocenters. The molecule has 0 aliphatic heterocycles. The van der Waals surface area contributed by atoms with E-state index in [-0.39, 0.29) is 6.04 Å². The Hall–Kier alpha value is -1.35. The Kier molecular flexibility index (Phi) is 2.21. The summed E-state index contributed by atoms with van der Waals surface area (Å²) in [6.07, 6.45) is 2.52. The van der Waals surface area contributed by atoms with Gasteiger partial charge in [-0.05, 0) is 37.8 Å². The highest BCUT2D eigenvalue weighted by Gasteiger charge is 2.32. The van der Waals surface area contributed by atoms with Crippen LogP contribution in [0.1, 0.15) is 31.6 Å². The Balaban J connectivity index is 2.15. The molecule has 1 aromatic heterocycles. The van der Waals surface area contributed by atoms with E-state index in [2.05, 4.69) is 34.7 Å². The normalized spacial score (nSPS) is 17.9. The Bertz CT molecular complexity index is 511. The zero-order valence-electron chi connectivity index (χ0n) is 9.56. The molecule has 1 unspecified atom stereocenters. The van der Waals surface area contributed by atoms with Gasteiger partial charge in [0.1, 0.15) is 5.82 Å². The van der Waals surface area contributed by atoms with Crippen molar-refractivity contribution in [3.05, 3.63) is 30.1 Å². The third-order valence-corrected chi connectivity index (χ3v) is 3.43. The number of rotatable bonds is 3. The monoisotopic (exact) mass is 215 g/mol. The summed E-state index contributed by atoms with van der Waals surface area (Å²) in [5.74, 6) is 1.72. The van der Waals surface area contributed by atoms with Gasteiger partial charge in [-0.1, -0.05) is 12.1 Å². The zero-order valence-corrected chi connectivity index (χ0v) is 9.56.